The van der Waals surface area contributed by atoms with Gasteiger partial charge in [0.1, 0.15) is 11.8 Å². The highest BCUT2D eigenvalue weighted by atomic mass is 16.5. The van der Waals surface area contributed by atoms with E-state index in [1.165, 1.54) is 6.92 Å². The number of ether oxygens (including phenoxy) is 2. The number of methoxy groups -OCH3 is 1. The first-order chi connectivity index (χ1) is 12.1. The van der Waals surface area contributed by atoms with Gasteiger partial charge in [-0.25, -0.2) is 9.78 Å². The van der Waals surface area contributed by atoms with Crippen molar-refractivity contribution in [2.24, 2.45) is 0 Å². The van der Waals surface area contributed by atoms with E-state index in [4.69, 9.17) is 14.7 Å². The van der Waals surface area contributed by atoms with Crippen LogP contribution in [0, 0.1) is 11.3 Å². The number of carbonyl (C=O) groups excluding carboxylic acids is 1. The van der Waals surface area contributed by atoms with Crippen molar-refractivity contribution in [1.82, 2.24) is 4.98 Å². The average Bonchev–Trinajstić information content (AvgIpc) is 2.67. The Bertz CT molecular complexity index is 962. The molecule has 3 rings (SSSR count). The van der Waals surface area contributed by atoms with Crippen molar-refractivity contribution < 1.29 is 14.3 Å². The summed E-state index contributed by atoms with van der Waals surface area (Å²) in [6, 6.07) is 18.5. The van der Waals surface area contributed by atoms with Crippen molar-refractivity contribution >= 4 is 16.9 Å². The molecule has 0 aliphatic rings. The van der Waals surface area contributed by atoms with Crippen LogP contribution in [0.1, 0.15) is 17.3 Å². The van der Waals surface area contributed by atoms with Crippen LogP contribution in [0.3, 0.4) is 0 Å². The molecular formula is C20H16N2O3. The zero-order valence-electron chi connectivity index (χ0n) is 13.9. The van der Waals surface area contributed by atoms with Gasteiger partial charge in [0, 0.05) is 10.9 Å². The first-order valence-electron chi connectivity index (χ1n) is 7.77. The molecule has 124 valence electrons. The predicted molar refractivity (Wildman–Crippen MR) is 94.2 cm³/mol. The van der Waals surface area contributed by atoms with Gasteiger partial charge in [0.05, 0.1) is 23.9 Å². The second-order valence-electron chi connectivity index (χ2n) is 5.48. The van der Waals surface area contributed by atoms with Gasteiger partial charge >= 0.3 is 5.97 Å². The van der Waals surface area contributed by atoms with Gasteiger partial charge in [-0.3, -0.25) is 0 Å². The van der Waals surface area contributed by atoms with E-state index in [2.05, 4.69) is 4.98 Å². The van der Waals surface area contributed by atoms with E-state index >= 15 is 0 Å². The molecule has 0 saturated carbocycles. The molecule has 1 aromatic heterocycles. The molecule has 1 heterocycles. The van der Waals surface area contributed by atoms with Crippen molar-refractivity contribution in [2.75, 3.05) is 7.11 Å². The number of pyridine rings is 1. The summed E-state index contributed by atoms with van der Waals surface area (Å²) in [5, 5.41) is 9.52. The van der Waals surface area contributed by atoms with Gasteiger partial charge in [0.15, 0.2) is 6.10 Å². The minimum atomic E-state index is -0.832. The van der Waals surface area contributed by atoms with Crippen LogP contribution < -0.4 is 4.74 Å². The fraction of sp³-hybridized carbons (Fsp3) is 0.150. The molecule has 0 spiro atoms. The third-order valence-corrected chi connectivity index (χ3v) is 3.77. The summed E-state index contributed by atoms with van der Waals surface area (Å²) >= 11 is 0. The Hall–Kier alpha value is -3.39. The first kappa shape index (κ1) is 16.5. The molecule has 25 heavy (non-hydrogen) atoms. The van der Waals surface area contributed by atoms with Crippen LogP contribution in [0.2, 0.25) is 0 Å². The fourth-order valence-electron chi connectivity index (χ4n) is 2.51. The van der Waals surface area contributed by atoms with E-state index < -0.39 is 12.1 Å². The van der Waals surface area contributed by atoms with Gasteiger partial charge in [-0.2, -0.15) is 5.26 Å². The summed E-state index contributed by atoms with van der Waals surface area (Å²) in [4.78, 5) is 17.2. The molecule has 5 nitrogen and oxygen atoms in total. The predicted octanol–water partition coefficient (Wildman–Crippen LogP) is 3.98. The number of fused-ring (bicyclic) bond motifs is 1. The van der Waals surface area contributed by atoms with Gasteiger partial charge in [-0.05, 0) is 31.2 Å². The summed E-state index contributed by atoms with van der Waals surface area (Å²) in [5.41, 5.74) is 2.56. The monoisotopic (exact) mass is 332 g/mol. The van der Waals surface area contributed by atoms with Crippen LogP contribution >= 0.6 is 0 Å². The Morgan fingerprint density at radius 2 is 1.92 bits per heavy atom. The second kappa shape index (κ2) is 7.02. The molecule has 0 amide bonds. The van der Waals surface area contributed by atoms with E-state index in [-0.39, 0.29) is 0 Å². The topological polar surface area (TPSA) is 72.2 Å². The zero-order chi connectivity index (χ0) is 17.8. The van der Waals surface area contributed by atoms with E-state index in [1.807, 2.05) is 36.4 Å². The lowest BCUT2D eigenvalue weighted by atomic mass is 10.0. The van der Waals surface area contributed by atoms with E-state index in [1.54, 1.807) is 31.4 Å². The highest BCUT2D eigenvalue weighted by Gasteiger charge is 2.18. The number of aromatic nitrogens is 1. The maximum atomic E-state index is 12.6. The molecule has 5 heteroatoms. The molecule has 1 atom stereocenters. The third-order valence-electron chi connectivity index (χ3n) is 3.77. The molecule has 0 fully saturated rings. The lowest BCUT2D eigenvalue weighted by Crippen LogP contribution is -2.14. The Labute approximate surface area is 145 Å². The summed E-state index contributed by atoms with van der Waals surface area (Å²) in [6.07, 6.45) is -0.832. The van der Waals surface area contributed by atoms with E-state index in [9.17, 15) is 4.79 Å². The molecular weight excluding hydrogens is 316 g/mol. The maximum Gasteiger partial charge on any atom is 0.340 e. The zero-order valence-corrected chi connectivity index (χ0v) is 13.9. The van der Waals surface area contributed by atoms with Crippen LogP contribution in [0.4, 0.5) is 0 Å². The van der Waals surface area contributed by atoms with Crippen molar-refractivity contribution in [3.63, 3.8) is 0 Å². The van der Waals surface area contributed by atoms with E-state index in [0.717, 1.165) is 5.56 Å². The minimum Gasteiger partial charge on any atom is -0.497 e. The Morgan fingerprint density at radius 3 is 2.60 bits per heavy atom. The van der Waals surface area contributed by atoms with Gasteiger partial charge in [-0.15, -0.1) is 0 Å². The number of nitriles is 1. The summed E-state index contributed by atoms with van der Waals surface area (Å²) in [6.45, 7) is 1.53. The molecule has 2 aromatic carbocycles. The Morgan fingerprint density at radius 1 is 1.16 bits per heavy atom. The highest BCUT2D eigenvalue weighted by molar-refractivity contribution is 6.05. The number of benzene rings is 2. The first-order valence-corrected chi connectivity index (χ1v) is 7.77. The van der Waals surface area contributed by atoms with Crippen LogP contribution in [0.15, 0.2) is 54.6 Å². The number of hydrogen-bond donors (Lipinski definition) is 0. The fourth-order valence-corrected chi connectivity index (χ4v) is 2.51. The molecule has 3 aromatic rings. The molecule has 0 bridgehead atoms. The minimum absolute atomic E-state index is 0.352. The number of nitrogens with zero attached hydrogens (tertiary/aromatic N) is 2. The molecule has 0 unspecified atom stereocenters. The number of rotatable bonds is 4. The lowest BCUT2D eigenvalue weighted by Gasteiger charge is -2.12. The standard InChI is InChI=1S/C20H16N2O3/c1-13(12-21)25-20(23)17-11-19(14-6-4-3-5-7-14)22-18-9-8-15(24-2)10-16(17)18/h3-11,13H,1-2H3/t13-/m0/s1. The van der Waals surface area contributed by atoms with Gasteiger partial charge in [0.25, 0.3) is 0 Å². The molecule has 0 aliphatic carbocycles. The normalized spacial score (nSPS) is 11.6. The Balaban J connectivity index is 2.19. The summed E-state index contributed by atoms with van der Waals surface area (Å²) in [5.74, 6) is 0.0519. The van der Waals surface area contributed by atoms with Crippen molar-refractivity contribution in [2.45, 2.75) is 13.0 Å². The maximum absolute atomic E-state index is 12.6. The van der Waals surface area contributed by atoms with Gasteiger partial charge in [-0.1, -0.05) is 30.3 Å². The molecule has 0 N–H and O–H groups in total. The number of esters is 1. The SMILES string of the molecule is COc1ccc2nc(-c3ccccc3)cc(C(=O)O[C@@H](C)C#N)c2c1. The summed E-state index contributed by atoms with van der Waals surface area (Å²) < 4.78 is 10.4. The van der Waals surface area contributed by atoms with Crippen LogP contribution in [-0.2, 0) is 4.74 Å². The van der Waals surface area contributed by atoms with Crippen LogP contribution in [0.5, 0.6) is 5.75 Å². The Kier molecular flexibility index (Phi) is 4.62. The molecule has 0 radical (unpaired) electrons. The molecule has 0 aliphatic heterocycles. The lowest BCUT2D eigenvalue weighted by molar-refractivity contribution is 0.0438. The highest BCUT2D eigenvalue weighted by Crippen LogP contribution is 2.28. The van der Waals surface area contributed by atoms with E-state index in [0.29, 0.717) is 27.9 Å². The second-order valence-corrected chi connectivity index (χ2v) is 5.48. The quantitative estimate of drug-likeness (QED) is 0.676. The largest absolute Gasteiger partial charge is 0.497 e. The van der Waals surface area contributed by atoms with Crippen molar-refractivity contribution in [3.8, 4) is 23.1 Å². The average molecular weight is 332 g/mol. The van der Waals surface area contributed by atoms with Crippen molar-refractivity contribution in [3.05, 3.63) is 60.2 Å². The summed E-state index contributed by atoms with van der Waals surface area (Å²) in [7, 11) is 1.56. The van der Waals surface area contributed by atoms with Crippen LogP contribution in [0.25, 0.3) is 22.2 Å². The number of hydrogen-bond acceptors (Lipinski definition) is 5. The molecule has 0 saturated heterocycles. The van der Waals surface area contributed by atoms with Gasteiger partial charge < -0.3 is 9.47 Å². The third kappa shape index (κ3) is 3.43. The van der Waals surface area contributed by atoms with Gasteiger partial charge in [0.2, 0.25) is 0 Å². The number of carbonyl (C=O) groups is 1. The smallest absolute Gasteiger partial charge is 0.340 e. The van der Waals surface area contributed by atoms with Crippen molar-refractivity contribution in [1.29, 1.82) is 5.26 Å². The van der Waals surface area contributed by atoms with Crippen LogP contribution in [-0.4, -0.2) is 24.2 Å².